The zero-order chi connectivity index (χ0) is 105. The van der Waals surface area contributed by atoms with E-state index in [9.17, 15) is 67.8 Å². The van der Waals surface area contributed by atoms with E-state index in [1.54, 1.807) is 79.3 Å². The number of amides is 6. The number of anilines is 5. The summed E-state index contributed by atoms with van der Waals surface area (Å²) in [6.07, 6.45) is 31.5. The Balaban J connectivity index is 0.000000197. The summed E-state index contributed by atoms with van der Waals surface area (Å²) in [4.78, 5) is 150. The van der Waals surface area contributed by atoms with Crippen molar-refractivity contribution in [3.63, 3.8) is 0 Å². The van der Waals surface area contributed by atoms with Gasteiger partial charge in [0.05, 0.1) is 66.3 Å². The van der Waals surface area contributed by atoms with Crippen LogP contribution in [0.25, 0.3) is 22.1 Å². The lowest BCUT2D eigenvalue weighted by Gasteiger charge is -2.31. The van der Waals surface area contributed by atoms with E-state index in [0.717, 1.165) is 144 Å². The molecule has 0 atom stereocenters. The molecule has 5 aliphatic carbocycles. The highest BCUT2D eigenvalue weighted by molar-refractivity contribution is 7.14. The average molecular weight is 2080 g/mol. The molecule has 0 radical (unpaired) electrons. The molecule has 12 N–H and O–H groups in total. The number of nitro benzene ring substituents is 2. The van der Waals surface area contributed by atoms with Crippen LogP contribution in [0.5, 0.6) is 0 Å². The number of nitrogens with one attached hydrogen (secondary N) is 3. The fourth-order valence-electron chi connectivity index (χ4n) is 18.0. The second-order valence-corrected chi connectivity index (χ2v) is 39.5. The van der Waals surface area contributed by atoms with Crippen molar-refractivity contribution in [2.75, 3.05) is 115 Å². The van der Waals surface area contributed by atoms with E-state index in [2.05, 4.69) is 25.7 Å². The third kappa shape index (κ3) is 35.5. The van der Waals surface area contributed by atoms with E-state index in [1.807, 2.05) is 116 Å². The number of nitrogen functional groups attached to an aromatic ring is 2. The topological polar surface area (TPSA) is 485 Å². The Labute approximate surface area is 863 Å². The summed E-state index contributed by atoms with van der Waals surface area (Å²) in [7, 11) is 9.15. The molecule has 5 aromatic heterocycles. The molecule has 35 nitrogen and oxygen atoms in total. The molecule has 5 heterocycles. The quantitative estimate of drug-likeness (QED) is 0.00445. The van der Waals surface area contributed by atoms with Gasteiger partial charge in [0.2, 0.25) is 17.7 Å². The SMILES string of the molecule is CCOC(=O)CCCN.CN(C(=O)c1ccc(F)c([N+](=O)[O-])c1)C1CCCCC1.CN(C(=O)c1ccc(NCCCO)c(N)c1)C1CCCCC1.CN(C(=O)c1ccc(NCCCO)c([N+](=O)[O-])c1)C1CCCCC1.CN(C(=O)c1ccc2c(c1)nc(N)n2CCCO)C1CCCCC1.CN(C(=O)c1ccc2c(c1)nc(NC(=O)c1cccs1)n2CCCOC(=O)c1cccs1)C1CCCCC1.O=C(Cl)c1cccs1. The predicted molar refractivity (Wildman–Crippen MR) is 569 cm³/mol. The number of aryl methyl sites for hydroxylation is 2. The van der Waals surface area contributed by atoms with Gasteiger partial charge in [-0.05, 0) is 235 Å². The summed E-state index contributed by atoms with van der Waals surface area (Å²) in [6.45, 7) is 5.52. The van der Waals surface area contributed by atoms with Crippen LogP contribution < -0.4 is 33.2 Å². The number of rotatable bonds is 35. The van der Waals surface area contributed by atoms with Crippen molar-refractivity contribution in [3.05, 3.63) is 212 Å². The van der Waals surface area contributed by atoms with E-state index in [1.165, 1.54) is 104 Å². The van der Waals surface area contributed by atoms with E-state index >= 15 is 0 Å². The molecular formula is C105H141ClFN17O18S3. The molecule has 0 saturated heterocycles. The molecule has 6 amide bonds. The minimum atomic E-state index is -0.924. The number of halogens is 2. The standard InChI is InChI=1S/C28H30N4O4S2.C18H26N4O2.C17H25N3O4.C17H27N3O2.C14H17FN2O3.C6H13NO2.C5H3ClOS/c1-31(20-8-3-2-4-9-20)26(34)19-12-13-22-21(18-19)29-28(30-25(33)23-10-5-16-37-23)32(22)14-7-15-36-27(35)24-11-6-17-38-24;1-21(14-6-3-2-4-7-14)17(24)13-8-9-16-15(12-13)20-18(19)22(16)10-5-11-23;1-19(14-6-3-2-4-7-14)17(22)13-8-9-15(18-10-5-11-21)16(12-13)20(23)24;1-20(14-6-3-2-4-7-14)17(22)13-8-9-16(15(18)12-13)19-10-5-11-21;1-16(11-5-3-2-4-6-11)14(18)10-7-8-12(15)13(9-10)17(19)20;1-2-9-6(8)4-3-5-7;6-5(7)4-2-1-3-8-4/h5-6,10-13,16-18,20H,2-4,7-9,14-15H2,1H3,(H,29,30,33);8-9,12,14,23H,2-7,10-11H2,1H3,(H2,19,20);8-9,12,14,18,21H,2-7,10-11H2,1H3;8-9,12,14,19,21H,2-7,10-11,18H2,1H3;7-9,11H,2-6H2,1H3;2-5,7H2,1H3;1-3H. The highest BCUT2D eigenvalue weighted by Crippen LogP contribution is 2.34. The summed E-state index contributed by atoms with van der Waals surface area (Å²) in [6, 6.07) is 36.2. The van der Waals surface area contributed by atoms with Gasteiger partial charge < -0.3 is 86.3 Å². The zero-order valence-electron chi connectivity index (χ0n) is 83.8. The Morgan fingerprint density at radius 3 is 1.25 bits per heavy atom. The van der Waals surface area contributed by atoms with Gasteiger partial charge in [-0.25, -0.2) is 14.8 Å². The first-order valence-electron chi connectivity index (χ1n) is 50.1. The van der Waals surface area contributed by atoms with Crippen LogP contribution in [0.4, 0.5) is 44.7 Å². The monoisotopic (exact) mass is 2080 g/mol. The number of fused-ring (bicyclic) bond motifs is 2. The zero-order valence-corrected chi connectivity index (χ0v) is 87.0. The number of aliphatic hydroxyl groups is 3. The maximum absolute atomic E-state index is 13.3. The summed E-state index contributed by atoms with van der Waals surface area (Å²) in [5.41, 5.74) is 23.6. The summed E-state index contributed by atoms with van der Waals surface area (Å²) in [5.74, 6) is -1.23. The van der Waals surface area contributed by atoms with Crippen LogP contribution in [-0.4, -0.2) is 240 Å². The number of nitrogens with zero attached hydrogens (tertiary/aromatic N) is 11. The molecule has 5 fully saturated rings. The fraction of sp³-hybridized carbons (Fsp3) is 0.495. The first-order chi connectivity index (χ1) is 69.9. The third-order valence-electron chi connectivity index (χ3n) is 26.3. The number of aromatic nitrogens is 4. The number of benzene rings is 5. The summed E-state index contributed by atoms with van der Waals surface area (Å²) in [5, 5.41) is 62.7. The Bertz CT molecular complexity index is 5800. The van der Waals surface area contributed by atoms with E-state index < -0.39 is 21.4 Å². The van der Waals surface area contributed by atoms with Gasteiger partial charge in [-0.3, -0.25) is 63.9 Å². The number of thiophene rings is 3. The maximum atomic E-state index is 13.3. The number of aliphatic hydroxyl groups excluding tert-OH is 3. The molecule has 0 aliphatic heterocycles. The van der Waals surface area contributed by atoms with Crippen LogP contribution in [0, 0.1) is 26.0 Å². The Morgan fingerprint density at radius 2 is 0.848 bits per heavy atom. The number of hydrogen-bond donors (Lipinski definition) is 9. The van der Waals surface area contributed by atoms with Crippen LogP contribution >= 0.6 is 45.6 Å². The van der Waals surface area contributed by atoms with Crippen molar-refractivity contribution in [1.29, 1.82) is 0 Å². The Morgan fingerprint density at radius 1 is 0.469 bits per heavy atom. The van der Waals surface area contributed by atoms with Crippen molar-refractivity contribution in [1.82, 2.24) is 43.6 Å². The number of ether oxygens (including phenoxy) is 2. The van der Waals surface area contributed by atoms with Gasteiger partial charge in [-0.2, -0.15) is 4.39 Å². The van der Waals surface area contributed by atoms with Gasteiger partial charge >= 0.3 is 17.6 Å². The van der Waals surface area contributed by atoms with Crippen molar-refractivity contribution >= 4 is 161 Å². The smallest absolute Gasteiger partial charge is 0.348 e. The maximum Gasteiger partial charge on any atom is 0.348 e. The molecule has 0 spiro atoms. The van der Waals surface area contributed by atoms with E-state index in [4.69, 9.17) is 53.8 Å². The second-order valence-electron chi connectivity index (χ2n) is 36.3. The fourth-order valence-corrected chi connectivity index (χ4v) is 20.0. The molecule has 40 heteroatoms. The minimum absolute atomic E-state index is 0.0157. The number of imidazole rings is 2. The van der Waals surface area contributed by atoms with Gasteiger partial charge in [0.15, 0.2) is 0 Å². The lowest BCUT2D eigenvalue weighted by Crippen LogP contribution is -2.38. The van der Waals surface area contributed by atoms with Crippen molar-refractivity contribution in [3.8, 4) is 0 Å². The third-order valence-corrected chi connectivity index (χ3v) is 29.2. The van der Waals surface area contributed by atoms with Crippen LogP contribution in [0.3, 0.4) is 0 Å². The molecule has 786 valence electrons. The van der Waals surface area contributed by atoms with Crippen molar-refractivity contribution < 1.29 is 82.2 Å². The molecule has 145 heavy (non-hydrogen) atoms. The second kappa shape index (κ2) is 61.2. The first-order valence-corrected chi connectivity index (χ1v) is 53.1. The number of esters is 2. The normalized spacial score (nSPS) is 14.4. The number of nitro groups is 2. The van der Waals surface area contributed by atoms with Crippen LogP contribution in [0.1, 0.15) is 287 Å². The van der Waals surface area contributed by atoms with Gasteiger partial charge in [-0.1, -0.05) is 115 Å². The minimum Gasteiger partial charge on any atom is -0.466 e. The van der Waals surface area contributed by atoms with Crippen molar-refractivity contribution in [2.24, 2.45) is 5.73 Å². The highest BCUT2D eigenvalue weighted by atomic mass is 35.5. The molecule has 10 aromatic rings. The van der Waals surface area contributed by atoms with Gasteiger partial charge in [-0.15, -0.1) is 34.0 Å². The highest BCUT2D eigenvalue weighted by Gasteiger charge is 2.32. The van der Waals surface area contributed by atoms with Gasteiger partial charge in [0.25, 0.3) is 46.4 Å². The molecule has 0 unspecified atom stereocenters. The Hall–Kier alpha value is -12.4. The molecule has 5 aromatic carbocycles. The molecule has 5 aliphatic rings. The van der Waals surface area contributed by atoms with Crippen LogP contribution in [-0.2, 0) is 27.4 Å². The van der Waals surface area contributed by atoms with Crippen LogP contribution in [0.2, 0.25) is 0 Å². The molecule has 15 rings (SSSR count). The number of nitrogens with two attached hydrogens (primary N) is 3. The molecule has 0 bridgehead atoms. The lowest BCUT2D eigenvalue weighted by atomic mass is 9.94. The van der Waals surface area contributed by atoms with E-state index in [-0.39, 0.29) is 108 Å². The van der Waals surface area contributed by atoms with Gasteiger partial charge in [0, 0.05) is 158 Å². The number of hydrogen-bond acceptors (Lipinski definition) is 28. The van der Waals surface area contributed by atoms with Gasteiger partial charge in [0.1, 0.15) is 10.6 Å². The largest absolute Gasteiger partial charge is 0.466 e. The van der Waals surface area contributed by atoms with Crippen molar-refractivity contribution in [2.45, 2.75) is 249 Å². The summed E-state index contributed by atoms with van der Waals surface area (Å²) < 4.78 is 27.1. The van der Waals surface area contributed by atoms with Crippen LogP contribution in [0.15, 0.2) is 144 Å². The van der Waals surface area contributed by atoms with E-state index in [0.29, 0.717) is 149 Å². The number of carbonyl (C=O) groups excluding carboxylic acids is 9. The summed E-state index contributed by atoms with van der Waals surface area (Å²) >= 11 is 9.16. The average Bonchev–Trinajstić information content (AvgIpc) is 1.63. The predicted octanol–water partition coefficient (Wildman–Crippen LogP) is 19.3. The first kappa shape index (κ1) is 116. The molecule has 5 saturated carbocycles. The Kier molecular flexibility index (Phi) is 49.0. The number of carbonyl (C=O) groups is 9. The molecular weight excluding hydrogens is 1940 g/mol. The lowest BCUT2D eigenvalue weighted by molar-refractivity contribution is -0.387.